The Balaban J connectivity index is 2.20. The van der Waals surface area contributed by atoms with Crippen molar-refractivity contribution in [3.05, 3.63) is 27.9 Å². The molecular formula is C10H10ClN5O2S. The van der Waals surface area contributed by atoms with E-state index < -0.39 is 0 Å². The Hall–Kier alpha value is -1.67. The molecule has 1 N–H and O–H groups in total. The van der Waals surface area contributed by atoms with Gasteiger partial charge in [-0.25, -0.2) is 4.98 Å². The lowest BCUT2D eigenvalue weighted by molar-refractivity contribution is 0.288. The predicted molar refractivity (Wildman–Crippen MR) is 69.6 cm³/mol. The van der Waals surface area contributed by atoms with Crippen LogP contribution in [0.1, 0.15) is 13.3 Å². The summed E-state index contributed by atoms with van der Waals surface area (Å²) in [6, 6.07) is 1.47. The van der Waals surface area contributed by atoms with E-state index in [1.165, 1.54) is 12.3 Å². The molecule has 0 bridgehead atoms. The summed E-state index contributed by atoms with van der Waals surface area (Å²) in [5.74, 6) is 0. The largest absolute Gasteiger partial charge is 0.463 e. The molecule has 2 heterocycles. The zero-order valence-electron chi connectivity index (χ0n) is 9.96. The average Bonchev–Trinajstić information content (AvgIpc) is 2.35. The van der Waals surface area contributed by atoms with Crippen molar-refractivity contribution in [2.45, 2.75) is 23.7 Å². The molecule has 9 heteroatoms. The van der Waals surface area contributed by atoms with Crippen LogP contribution in [0.2, 0.25) is 5.28 Å². The second-order valence-corrected chi connectivity index (χ2v) is 4.65. The Morgan fingerprint density at radius 3 is 3.00 bits per heavy atom. The molecule has 0 saturated heterocycles. The predicted octanol–water partition coefficient (Wildman–Crippen LogP) is 1.55. The van der Waals surface area contributed by atoms with E-state index in [9.17, 15) is 4.79 Å². The number of hydrogen-bond acceptors (Lipinski definition) is 7. The maximum Gasteiger partial charge on any atom is 0.321 e. The highest BCUT2D eigenvalue weighted by Gasteiger charge is 2.09. The van der Waals surface area contributed by atoms with Crippen molar-refractivity contribution in [3.63, 3.8) is 0 Å². The minimum Gasteiger partial charge on any atom is -0.463 e. The number of nitrogens with zero attached hydrogens (tertiary/aromatic N) is 4. The molecule has 2 rings (SSSR count). The highest BCUT2D eigenvalue weighted by Crippen LogP contribution is 2.22. The molecule has 7 nitrogen and oxygen atoms in total. The van der Waals surface area contributed by atoms with E-state index in [-0.39, 0.29) is 16.9 Å². The van der Waals surface area contributed by atoms with E-state index in [4.69, 9.17) is 16.3 Å². The SMILES string of the molecule is CCCOc1nc(Cl)nc(Sc2nccc(=O)[nH]2)n1. The molecule has 0 aromatic carbocycles. The summed E-state index contributed by atoms with van der Waals surface area (Å²) in [4.78, 5) is 29.5. The zero-order valence-corrected chi connectivity index (χ0v) is 11.5. The zero-order chi connectivity index (χ0) is 13.7. The fourth-order valence-corrected chi connectivity index (χ4v) is 2.00. The molecule has 0 amide bonds. The lowest BCUT2D eigenvalue weighted by atomic mass is 10.5. The van der Waals surface area contributed by atoms with E-state index in [2.05, 4.69) is 24.9 Å². The minimum atomic E-state index is -0.250. The Kier molecular flexibility index (Phi) is 4.69. The second kappa shape index (κ2) is 6.48. The number of aromatic amines is 1. The summed E-state index contributed by atoms with van der Waals surface area (Å²) < 4.78 is 5.29. The summed E-state index contributed by atoms with van der Waals surface area (Å²) >= 11 is 6.85. The Morgan fingerprint density at radius 1 is 1.42 bits per heavy atom. The third kappa shape index (κ3) is 4.18. The van der Waals surface area contributed by atoms with Gasteiger partial charge >= 0.3 is 6.01 Å². The summed E-state index contributed by atoms with van der Waals surface area (Å²) in [6.45, 7) is 2.46. The Bertz CT molecular complexity index is 621. The number of H-pyrrole nitrogens is 1. The van der Waals surface area contributed by atoms with Crippen LogP contribution >= 0.6 is 23.4 Å². The van der Waals surface area contributed by atoms with Crippen LogP contribution in [-0.4, -0.2) is 31.5 Å². The van der Waals surface area contributed by atoms with Gasteiger partial charge in [0.1, 0.15) is 0 Å². The quantitative estimate of drug-likeness (QED) is 0.837. The van der Waals surface area contributed by atoms with Crippen molar-refractivity contribution >= 4 is 23.4 Å². The molecule has 0 spiro atoms. The van der Waals surface area contributed by atoms with Crippen LogP contribution in [0, 0.1) is 0 Å². The van der Waals surface area contributed by atoms with Gasteiger partial charge in [-0.2, -0.15) is 15.0 Å². The van der Waals surface area contributed by atoms with Crippen LogP contribution in [0.3, 0.4) is 0 Å². The minimum absolute atomic E-state index is 0.0295. The van der Waals surface area contributed by atoms with Crippen molar-refractivity contribution < 1.29 is 4.74 Å². The van der Waals surface area contributed by atoms with Gasteiger partial charge in [0, 0.05) is 12.3 Å². The molecular weight excluding hydrogens is 290 g/mol. The molecule has 0 fully saturated rings. The van der Waals surface area contributed by atoms with Crippen molar-refractivity contribution in [2.75, 3.05) is 6.61 Å². The molecule has 19 heavy (non-hydrogen) atoms. The van der Waals surface area contributed by atoms with Gasteiger partial charge in [0.2, 0.25) is 10.4 Å². The molecule has 0 radical (unpaired) electrons. The Labute approximate surface area is 117 Å². The van der Waals surface area contributed by atoms with Crippen LogP contribution in [-0.2, 0) is 0 Å². The summed E-state index contributed by atoms with van der Waals surface area (Å²) in [5.41, 5.74) is -0.250. The van der Waals surface area contributed by atoms with Crippen LogP contribution in [0.4, 0.5) is 0 Å². The normalized spacial score (nSPS) is 10.4. The third-order valence-corrected chi connectivity index (χ3v) is 2.77. The number of ether oxygens (including phenoxy) is 1. The van der Waals surface area contributed by atoms with E-state index in [1.807, 2.05) is 6.92 Å². The molecule has 2 aromatic heterocycles. The van der Waals surface area contributed by atoms with E-state index >= 15 is 0 Å². The van der Waals surface area contributed by atoms with Gasteiger partial charge in [0.25, 0.3) is 5.56 Å². The van der Waals surface area contributed by atoms with Crippen molar-refractivity contribution in [1.29, 1.82) is 0 Å². The maximum atomic E-state index is 11.1. The van der Waals surface area contributed by atoms with E-state index in [0.717, 1.165) is 18.2 Å². The smallest absolute Gasteiger partial charge is 0.321 e. The van der Waals surface area contributed by atoms with Gasteiger partial charge in [-0.05, 0) is 29.8 Å². The lowest BCUT2D eigenvalue weighted by Gasteiger charge is -2.04. The van der Waals surface area contributed by atoms with E-state index in [0.29, 0.717) is 16.9 Å². The first-order valence-corrected chi connectivity index (χ1v) is 6.64. The van der Waals surface area contributed by atoms with Crippen LogP contribution in [0.15, 0.2) is 27.4 Å². The second-order valence-electron chi connectivity index (χ2n) is 3.36. The lowest BCUT2D eigenvalue weighted by Crippen LogP contribution is -2.06. The van der Waals surface area contributed by atoms with Gasteiger partial charge in [0.05, 0.1) is 6.61 Å². The number of halogens is 1. The third-order valence-electron chi connectivity index (χ3n) is 1.84. The molecule has 100 valence electrons. The van der Waals surface area contributed by atoms with Gasteiger partial charge < -0.3 is 9.72 Å². The van der Waals surface area contributed by atoms with Crippen molar-refractivity contribution in [3.8, 4) is 6.01 Å². The van der Waals surface area contributed by atoms with Crippen molar-refractivity contribution in [1.82, 2.24) is 24.9 Å². The number of aromatic nitrogens is 5. The van der Waals surface area contributed by atoms with Crippen LogP contribution < -0.4 is 10.3 Å². The molecule has 0 unspecified atom stereocenters. The van der Waals surface area contributed by atoms with Crippen LogP contribution in [0.5, 0.6) is 6.01 Å². The highest BCUT2D eigenvalue weighted by atomic mass is 35.5. The average molecular weight is 300 g/mol. The molecule has 0 atom stereocenters. The number of nitrogens with one attached hydrogen (secondary N) is 1. The molecule has 0 aliphatic carbocycles. The first-order chi connectivity index (χ1) is 9.17. The fraction of sp³-hybridized carbons (Fsp3) is 0.300. The molecule has 0 aliphatic rings. The van der Waals surface area contributed by atoms with Crippen molar-refractivity contribution in [2.24, 2.45) is 0 Å². The number of hydrogen-bond donors (Lipinski definition) is 1. The standard InChI is InChI=1S/C10H10ClN5O2S/c1-2-5-18-8-14-7(11)15-10(16-8)19-9-12-4-3-6(17)13-9/h3-4H,2,5H2,1H3,(H,12,13,17). The van der Waals surface area contributed by atoms with Gasteiger partial charge in [-0.1, -0.05) is 6.92 Å². The van der Waals surface area contributed by atoms with Crippen LogP contribution in [0.25, 0.3) is 0 Å². The van der Waals surface area contributed by atoms with Gasteiger partial charge in [0.15, 0.2) is 5.16 Å². The van der Waals surface area contributed by atoms with E-state index in [1.54, 1.807) is 0 Å². The first-order valence-electron chi connectivity index (χ1n) is 5.45. The molecule has 0 saturated carbocycles. The summed E-state index contributed by atoms with van der Waals surface area (Å²) in [5, 5.41) is 0.707. The maximum absolute atomic E-state index is 11.1. The topological polar surface area (TPSA) is 93.6 Å². The van der Waals surface area contributed by atoms with Gasteiger partial charge in [-0.15, -0.1) is 0 Å². The first kappa shape index (κ1) is 13.8. The summed E-state index contributed by atoms with van der Waals surface area (Å²) in [7, 11) is 0. The Morgan fingerprint density at radius 2 is 2.26 bits per heavy atom. The fourth-order valence-electron chi connectivity index (χ4n) is 1.11. The monoisotopic (exact) mass is 299 g/mol. The van der Waals surface area contributed by atoms with Gasteiger partial charge in [-0.3, -0.25) is 4.79 Å². The number of rotatable bonds is 5. The highest BCUT2D eigenvalue weighted by molar-refractivity contribution is 7.99. The molecule has 2 aromatic rings. The molecule has 0 aliphatic heterocycles. The summed E-state index contributed by atoms with van der Waals surface area (Å²) in [6.07, 6.45) is 2.23.